The molecule has 5 heteroatoms. The van der Waals surface area contributed by atoms with E-state index in [0.29, 0.717) is 19.7 Å². The molecule has 1 aromatic heterocycles. The first-order valence-corrected chi connectivity index (χ1v) is 8.29. The number of piperazine rings is 1. The smallest absolute Gasteiger partial charge is 0.409 e. The summed E-state index contributed by atoms with van der Waals surface area (Å²) in [6.07, 6.45) is 5.50. The first-order valence-electron chi connectivity index (χ1n) is 8.29. The molecule has 2 heterocycles. The number of nitrogens with zero attached hydrogens (tertiary/aromatic N) is 3. The summed E-state index contributed by atoms with van der Waals surface area (Å²) < 4.78 is 5.29. The van der Waals surface area contributed by atoms with Crippen molar-refractivity contribution in [2.75, 3.05) is 37.7 Å². The lowest BCUT2D eigenvalue weighted by Gasteiger charge is -2.36. The molecule has 1 amide bonds. The van der Waals surface area contributed by atoms with E-state index in [0.717, 1.165) is 31.3 Å². The van der Waals surface area contributed by atoms with Crippen molar-refractivity contribution in [2.45, 2.75) is 19.8 Å². The number of carbonyl (C=O) groups is 1. The molecule has 0 unspecified atom stereocenters. The van der Waals surface area contributed by atoms with Gasteiger partial charge in [0, 0.05) is 55.0 Å². The van der Waals surface area contributed by atoms with Crippen LogP contribution < -0.4 is 4.90 Å². The van der Waals surface area contributed by atoms with Crippen molar-refractivity contribution in [3.63, 3.8) is 0 Å². The first-order chi connectivity index (χ1) is 11.3. The number of anilines is 1. The number of fused-ring (bicyclic) bond motifs is 1. The topological polar surface area (TPSA) is 45.7 Å². The van der Waals surface area contributed by atoms with E-state index in [1.165, 1.54) is 11.1 Å². The predicted molar refractivity (Wildman–Crippen MR) is 91.8 cm³/mol. The highest BCUT2D eigenvalue weighted by Crippen LogP contribution is 2.26. The molecular weight excluding hydrogens is 290 g/mol. The lowest BCUT2D eigenvalue weighted by Crippen LogP contribution is -2.49. The minimum absolute atomic E-state index is 0.180. The molecule has 3 rings (SSSR count). The van der Waals surface area contributed by atoms with Crippen molar-refractivity contribution in [1.29, 1.82) is 0 Å². The van der Waals surface area contributed by atoms with Crippen molar-refractivity contribution in [3.05, 3.63) is 36.7 Å². The minimum atomic E-state index is -0.180. The largest absolute Gasteiger partial charge is 0.449 e. The highest BCUT2D eigenvalue weighted by molar-refractivity contribution is 5.93. The van der Waals surface area contributed by atoms with E-state index in [-0.39, 0.29) is 6.09 Å². The molecule has 1 aliphatic heterocycles. The van der Waals surface area contributed by atoms with Crippen LogP contribution in [0.1, 0.15) is 19.8 Å². The molecule has 1 saturated heterocycles. The van der Waals surface area contributed by atoms with Crippen molar-refractivity contribution in [2.24, 2.45) is 0 Å². The third kappa shape index (κ3) is 3.55. The molecule has 0 saturated carbocycles. The maximum Gasteiger partial charge on any atom is 0.409 e. The number of pyridine rings is 1. The first kappa shape index (κ1) is 15.6. The molecular formula is C18H23N3O2. The Balaban J connectivity index is 1.63. The summed E-state index contributed by atoms with van der Waals surface area (Å²) in [5.74, 6) is 0. The van der Waals surface area contributed by atoms with Crippen molar-refractivity contribution < 1.29 is 9.53 Å². The van der Waals surface area contributed by atoms with Crippen molar-refractivity contribution >= 4 is 22.6 Å². The molecule has 5 nitrogen and oxygen atoms in total. The van der Waals surface area contributed by atoms with Crippen LogP contribution in [0.3, 0.4) is 0 Å². The quantitative estimate of drug-likeness (QED) is 0.813. The zero-order valence-corrected chi connectivity index (χ0v) is 13.6. The Labute approximate surface area is 136 Å². The number of hydrogen-bond donors (Lipinski definition) is 0. The highest BCUT2D eigenvalue weighted by atomic mass is 16.6. The Morgan fingerprint density at radius 3 is 2.83 bits per heavy atom. The Hall–Kier alpha value is -2.30. The van der Waals surface area contributed by atoms with Gasteiger partial charge in [-0.2, -0.15) is 0 Å². The van der Waals surface area contributed by atoms with E-state index in [2.05, 4.69) is 41.1 Å². The summed E-state index contributed by atoms with van der Waals surface area (Å²) in [6, 6.07) is 8.32. The van der Waals surface area contributed by atoms with Crippen LogP contribution in [-0.4, -0.2) is 48.8 Å². The van der Waals surface area contributed by atoms with Gasteiger partial charge >= 0.3 is 6.09 Å². The van der Waals surface area contributed by atoms with Gasteiger partial charge in [-0.05, 0) is 18.6 Å². The second kappa shape index (κ2) is 7.31. The number of benzene rings is 1. The van der Waals surface area contributed by atoms with Gasteiger partial charge in [-0.1, -0.05) is 25.5 Å². The number of rotatable bonds is 4. The van der Waals surface area contributed by atoms with Crippen LogP contribution in [0, 0.1) is 0 Å². The normalized spacial score (nSPS) is 15.0. The predicted octanol–water partition coefficient (Wildman–Crippen LogP) is 3.29. The molecule has 0 bridgehead atoms. The summed E-state index contributed by atoms with van der Waals surface area (Å²) in [6.45, 7) is 5.66. The summed E-state index contributed by atoms with van der Waals surface area (Å²) in [5.41, 5.74) is 1.21. The standard InChI is InChI=1S/C18H23N3O2/c1-2-3-13-23-18(22)21-11-9-20(10-12-21)17-6-4-5-15-14-19-8-7-16(15)17/h4-8,14H,2-3,9-13H2,1H3. The number of carbonyl (C=O) groups excluding carboxylic acids is 1. The van der Waals surface area contributed by atoms with Crippen LogP contribution in [0.25, 0.3) is 10.8 Å². The van der Waals surface area contributed by atoms with E-state index >= 15 is 0 Å². The fourth-order valence-electron chi connectivity index (χ4n) is 2.91. The van der Waals surface area contributed by atoms with Crippen LogP contribution in [0.15, 0.2) is 36.7 Å². The van der Waals surface area contributed by atoms with Gasteiger partial charge in [0.1, 0.15) is 0 Å². The summed E-state index contributed by atoms with van der Waals surface area (Å²) in [7, 11) is 0. The summed E-state index contributed by atoms with van der Waals surface area (Å²) in [5, 5.41) is 2.35. The Morgan fingerprint density at radius 1 is 1.22 bits per heavy atom. The second-order valence-electron chi connectivity index (χ2n) is 5.82. The van der Waals surface area contributed by atoms with Crippen LogP contribution in [0.2, 0.25) is 0 Å². The number of unbranched alkanes of at least 4 members (excludes halogenated alkanes) is 1. The third-order valence-corrected chi connectivity index (χ3v) is 4.26. The minimum Gasteiger partial charge on any atom is -0.449 e. The van der Waals surface area contributed by atoms with Crippen LogP contribution in [0.4, 0.5) is 10.5 Å². The van der Waals surface area contributed by atoms with Gasteiger partial charge < -0.3 is 14.5 Å². The zero-order valence-electron chi connectivity index (χ0n) is 13.6. The number of ether oxygens (including phenoxy) is 1. The number of amides is 1. The number of aromatic nitrogens is 1. The monoisotopic (exact) mass is 313 g/mol. The van der Waals surface area contributed by atoms with Crippen LogP contribution in [0.5, 0.6) is 0 Å². The van der Waals surface area contributed by atoms with Crippen LogP contribution >= 0.6 is 0 Å². The lowest BCUT2D eigenvalue weighted by atomic mass is 10.1. The van der Waals surface area contributed by atoms with Crippen LogP contribution in [-0.2, 0) is 4.74 Å². The highest BCUT2D eigenvalue weighted by Gasteiger charge is 2.23. The third-order valence-electron chi connectivity index (χ3n) is 4.26. The van der Waals surface area contributed by atoms with Gasteiger partial charge in [0.2, 0.25) is 0 Å². The molecule has 1 fully saturated rings. The maximum atomic E-state index is 12.0. The molecule has 0 atom stereocenters. The van der Waals surface area contributed by atoms with Gasteiger partial charge in [-0.3, -0.25) is 4.98 Å². The maximum absolute atomic E-state index is 12.0. The van der Waals surface area contributed by atoms with E-state index in [9.17, 15) is 4.79 Å². The molecule has 1 aromatic carbocycles. The Bertz CT molecular complexity index is 661. The zero-order chi connectivity index (χ0) is 16.1. The van der Waals surface area contributed by atoms with Crippen molar-refractivity contribution in [1.82, 2.24) is 9.88 Å². The fraction of sp³-hybridized carbons (Fsp3) is 0.444. The van der Waals surface area contributed by atoms with Gasteiger partial charge in [0.05, 0.1) is 6.61 Å². The van der Waals surface area contributed by atoms with Crippen molar-refractivity contribution in [3.8, 4) is 0 Å². The molecule has 0 aliphatic carbocycles. The fourth-order valence-corrected chi connectivity index (χ4v) is 2.91. The van der Waals surface area contributed by atoms with E-state index in [1.54, 1.807) is 4.90 Å². The van der Waals surface area contributed by atoms with E-state index in [4.69, 9.17) is 4.74 Å². The molecule has 23 heavy (non-hydrogen) atoms. The molecule has 2 aromatic rings. The second-order valence-corrected chi connectivity index (χ2v) is 5.82. The molecule has 1 aliphatic rings. The summed E-state index contributed by atoms with van der Waals surface area (Å²) >= 11 is 0. The number of hydrogen-bond acceptors (Lipinski definition) is 4. The Kier molecular flexibility index (Phi) is 4.95. The van der Waals surface area contributed by atoms with Gasteiger partial charge in [0.25, 0.3) is 0 Å². The SMILES string of the molecule is CCCCOC(=O)N1CCN(c2cccc3cnccc23)CC1. The van der Waals surface area contributed by atoms with Gasteiger partial charge in [-0.15, -0.1) is 0 Å². The Morgan fingerprint density at radius 2 is 2.04 bits per heavy atom. The average molecular weight is 313 g/mol. The molecule has 0 N–H and O–H groups in total. The lowest BCUT2D eigenvalue weighted by molar-refractivity contribution is 0.0990. The van der Waals surface area contributed by atoms with E-state index in [1.807, 2.05) is 12.4 Å². The molecule has 0 radical (unpaired) electrons. The molecule has 122 valence electrons. The van der Waals surface area contributed by atoms with Gasteiger partial charge in [0.15, 0.2) is 0 Å². The average Bonchev–Trinajstić information content (AvgIpc) is 2.61. The van der Waals surface area contributed by atoms with Gasteiger partial charge in [-0.25, -0.2) is 4.79 Å². The van der Waals surface area contributed by atoms with E-state index < -0.39 is 0 Å². The molecule has 0 spiro atoms. The summed E-state index contributed by atoms with van der Waals surface area (Å²) in [4.78, 5) is 20.3.